The van der Waals surface area contributed by atoms with Crippen molar-refractivity contribution in [1.29, 1.82) is 0 Å². The van der Waals surface area contributed by atoms with Crippen LogP contribution in [0.4, 0.5) is 0 Å². The van der Waals surface area contributed by atoms with Crippen molar-refractivity contribution in [3.63, 3.8) is 0 Å². The maximum Gasteiger partial charge on any atom is 0.263 e. The Labute approximate surface area is 194 Å². The number of carbonyl (C=O) groups excluding carboxylic acids is 2. The number of aryl methyl sites for hydroxylation is 2. The van der Waals surface area contributed by atoms with Crippen molar-refractivity contribution in [2.45, 2.75) is 43.8 Å². The average Bonchev–Trinajstić information content (AvgIpc) is 3.44. The van der Waals surface area contributed by atoms with E-state index < -0.39 is 0 Å². The molecule has 3 heterocycles. The molecule has 2 aromatic heterocycles. The molecule has 1 aromatic carbocycles. The minimum atomic E-state index is -0.212. The smallest absolute Gasteiger partial charge is 0.263 e. The standard InChI is InChI=1S/C24H23N3O3S2/c1-2-12-27-23(30)19-17-10-7-11-18(17)32-20(19)25-24(27)31-14-6-5-13-26-21(28)15-8-3-4-9-16(15)22(26)29/h2-4,8-9H,1,5-7,10-14H2. The summed E-state index contributed by atoms with van der Waals surface area (Å²) in [6.45, 7) is 4.63. The van der Waals surface area contributed by atoms with E-state index in [0.717, 1.165) is 41.7 Å². The molecule has 1 aliphatic heterocycles. The average molecular weight is 466 g/mol. The number of imide groups is 1. The van der Waals surface area contributed by atoms with E-state index in [0.29, 0.717) is 35.8 Å². The van der Waals surface area contributed by atoms with Crippen molar-refractivity contribution in [3.8, 4) is 0 Å². The molecule has 0 unspecified atom stereocenters. The summed E-state index contributed by atoms with van der Waals surface area (Å²) in [5, 5.41) is 1.50. The van der Waals surface area contributed by atoms with E-state index in [2.05, 4.69) is 6.58 Å². The molecule has 0 bridgehead atoms. The van der Waals surface area contributed by atoms with E-state index in [1.807, 2.05) is 0 Å². The van der Waals surface area contributed by atoms with Crippen LogP contribution < -0.4 is 5.56 Å². The summed E-state index contributed by atoms with van der Waals surface area (Å²) in [6.07, 6.45) is 6.36. The van der Waals surface area contributed by atoms with Gasteiger partial charge in [0.05, 0.1) is 16.5 Å². The van der Waals surface area contributed by atoms with Gasteiger partial charge in [0.1, 0.15) is 4.83 Å². The molecule has 0 atom stereocenters. The van der Waals surface area contributed by atoms with Gasteiger partial charge in [-0.1, -0.05) is 30.0 Å². The molecular formula is C24H23N3O3S2. The van der Waals surface area contributed by atoms with Crippen LogP contribution in [0, 0.1) is 0 Å². The highest BCUT2D eigenvalue weighted by Crippen LogP contribution is 2.35. The third-order valence-electron chi connectivity index (χ3n) is 5.99. The lowest BCUT2D eigenvalue weighted by atomic mass is 10.1. The van der Waals surface area contributed by atoms with Crippen LogP contribution in [0.15, 0.2) is 46.9 Å². The summed E-state index contributed by atoms with van der Waals surface area (Å²) in [5.74, 6) is 0.329. The molecule has 2 aliphatic rings. The molecule has 0 radical (unpaired) electrons. The second-order valence-corrected chi connectivity index (χ2v) is 10.1. The molecule has 0 spiro atoms. The van der Waals surface area contributed by atoms with Crippen molar-refractivity contribution in [2.24, 2.45) is 0 Å². The summed E-state index contributed by atoms with van der Waals surface area (Å²) >= 11 is 3.20. The normalized spacial score (nSPS) is 14.9. The number of unbranched alkanes of at least 4 members (excludes halogenated alkanes) is 1. The predicted molar refractivity (Wildman–Crippen MR) is 128 cm³/mol. The van der Waals surface area contributed by atoms with Gasteiger partial charge in [0.25, 0.3) is 17.4 Å². The zero-order chi connectivity index (χ0) is 22.2. The Hall–Kier alpha value is -2.71. The number of thioether (sulfide) groups is 1. The number of thiophene rings is 1. The van der Waals surface area contributed by atoms with E-state index >= 15 is 0 Å². The van der Waals surface area contributed by atoms with Gasteiger partial charge < -0.3 is 0 Å². The highest BCUT2D eigenvalue weighted by atomic mass is 32.2. The van der Waals surface area contributed by atoms with Gasteiger partial charge in [0.15, 0.2) is 5.16 Å². The van der Waals surface area contributed by atoms with Crippen molar-refractivity contribution in [1.82, 2.24) is 14.5 Å². The van der Waals surface area contributed by atoms with Crippen molar-refractivity contribution in [3.05, 3.63) is 68.8 Å². The highest BCUT2D eigenvalue weighted by molar-refractivity contribution is 7.99. The minimum absolute atomic E-state index is 0.0304. The number of amides is 2. The predicted octanol–water partition coefficient (Wildman–Crippen LogP) is 4.30. The van der Waals surface area contributed by atoms with Crippen LogP contribution in [0.25, 0.3) is 10.2 Å². The van der Waals surface area contributed by atoms with Crippen LogP contribution in [0.5, 0.6) is 0 Å². The summed E-state index contributed by atoms with van der Waals surface area (Å²) in [4.78, 5) is 46.4. The van der Waals surface area contributed by atoms with E-state index in [9.17, 15) is 14.4 Å². The van der Waals surface area contributed by atoms with Gasteiger partial charge in [-0.15, -0.1) is 17.9 Å². The fourth-order valence-corrected chi connectivity index (χ4v) is 6.75. The largest absolute Gasteiger partial charge is 0.283 e. The van der Waals surface area contributed by atoms with Crippen LogP contribution >= 0.6 is 23.1 Å². The Morgan fingerprint density at radius 2 is 1.84 bits per heavy atom. The Morgan fingerprint density at radius 3 is 2.56 bits per heavy atom. The Kier molecular flexibility index (Phi) is 5.73. The zero-order valence-electron chi connectivity index (χ0n) is 17.6. The monoisotopic (exact) mass is 465 g/mol. The summed E-state index contributed by atoms with van der Waals surface area (Å²) in [7, 11) is 0. The van der Waals surface area contributed by atoms with E-state index in [1.165, 1.54) is 15.3 Å². The molecule has 5 rings (SSSR count). The van der Waals surface area contributed by atoms with Gasteiger partial charge in [0, 0.05) is 23.7 Å². The number of hydrogen-bond acceptors (Lipinski definition) is 6. The van der Waals surface area contributed by atoms with E-state index in [1.54, 1.807) is 58.0 Å². The van der Waals surface area contributed by atoms with E-state index in [-0.39, 0.29) is 17.4 Å². The summed E-state index contributed by atoms with van der Waals surface area (Å²) < 4.78 is 1.72. The van der Waals surface area contributed by atoms with Crippen molar-refractivity contribution < 1.29 is 9.59 Å². The molecular weight excluding hydrogens is 442 g/mol. The van der Waals surface area contributed by atoms with Gasteiger partial charge in [-0.3, -0.25) is 23.9 Å². The molecule has 8 heteroatoms. The SMILES string of the molecule is C=CCn1c(SCCCCN2C(=O)c3ccccc3C2=O)nc2sc3c(c2c1=O)CCC3. The first-order chi connectivity index (χ1) is 15.6. The molecule has 164 valence electrons. The number of allylic oxidation sites excluding steroid dienone is 1. The van der Waals surface area contributed by atoms with Crippen LogP contribution in [0.3, 0.4) is 0 Å². The second kappa shape index (κ2) is 8.67. The van der Waals surface area contributed by atoms with Crippen LogP contribution in [-0.2, 0) is 19.4 Å². The lowest BCUT2D eigenvalue weighted by molar-refractivity contribution is 0.0652. The number of rotatable bonds is 8. The molecule has 32 heavy (non-hydrogen) atoms. The summed E-state index contributed by atoms with van der Waals surface area (Å²) in [6, 6.07) is 6.96. The lowest BCUT2D eigenvalue weighted by Crippen LogP contribution is -2.30. The maximum atomic E-state index is 13.2. The Bertz CT molecular complexity index is 1270. The second-order valence-electron chi connectivity index (χ2n) is 8.00. The molecule has 0 N–H and O–H groups in total. The van der Waals surface area contributed by atoms with Gasteiger partial charge in [-0.2, -0.15) is 0 Å². The van der Waals surface area contributed by atoms with Crippen LogP contribution in [0.1, 0.15) is 50.4 Å². The van der Waals surface area contributed by atoms with Crippen LogP contribution in [0.2, 0.25) is 0 Å². The zero-order valence-corrected chi connectivity index (χ0v) is 19.3. The molecule has 2 amide bonds. The third-order valence-corrected chi connectivity index (χ3v) is 8.24. The van der Waals surface area contributed by atoms with Gasteiger partial charge in [-0.25, -0.2) is 4.98 Å². The number of nitrogens with zero attached hydrogens (tertiary/aromatic N) is 3. The number of carbonyl (C=O) groups is 2. The highest BCUT2D eigenvalue weighted by Gasteiger charge is 2.34. The summed E-state index contributed by atoms with van der Waals surface area (Å²) in [5.41, 5.74) is 2.20. The minimum Gasteiger partial charge on any atom is -0.283 e. The number of fused-ring (bicyclic) bond motifs is 4. The van der Waals surface area contributed by atoms with Gasteiger partial charge in [-0.05, 0) is 49.8 Å². The first kappa shape index (κ1) is 21.2. The topological polar surface area (TPSA) is 72.3 Å². The Balaban J connectivity index is 1.25. The van der Waals surface area contributed by atoms with Crippen LogP contribution in [-0.4, -0.2) is 38.6 Å². The quantitative estimate of drug-likeness (QED) is 0.163. The first-order valence-corrected chi connectivity index (χ1v) is 12.6. The van der Waals surface area contributed by atoms with Gasteiger partial charge in [0.2, 0.25) is 0 Å². The van der Waals surface area contributed by atoms with E-state index in [4.69, 9.17) is 4.98 Å². The third kappa shape index (κ3) is 3.51. The molecule has 0 fully saturated rings. The van der Waals surface area contributed by atoms with Crippen molar-refractivity contribution in [2.75, 3.05) is 12.3 Å². The number of hydrogen-bond donors (Lipinski definition) is 0. The number of benzene rings is 1. The molecule has 1 aliphatic carbocycles. The fraction of sp³-hybridized carbons (Fsp3) is 0.333. The molecule has 3 aromatic rings. The first-order valence-electron chi connectivity index (χ1n) is 10.8. The maximum absolute atomic E-state index is 13.2. The molecule has 0 saturated carbocycles. The van der Waals surface area contributed by atoms with Crippen molar-refractivity contribution >= 4 is 45.1 Å². The molecule has 6 nitrogen and oxygen atoms in total. The lowest BCUT2D eigenvalue weighted by Gasteiger charge is -2.14. The number of aromatic nitrogens is 2. The fourth-order valence-electron chi connectivity index (χ4n) is 4.44. The Morgan fingerprint density at radius 1 is 1.09 bits per heavy atom. The molecule has 0 saturated heterocycles. The van der Waals surface area contributed by atoms with Gasteiger partial charge >= 0.3 is 0 Å².